The number of anilines is 2. The Bertz CT molecular complexity index is 763. The van der Waals surface area contributed by atoms with E-state index in [9.17, 15) is 15.0 Å². The molecule has 110 valence electrons. The first-order valence-corrected chi connectivity index (χ1v) is 6.36. The second-order valence-electron chi connectivity index (χ2n) is 4.30. The summed E-state index contributed by atoms with van der Waals surface area (Å²) in [5, 5.41) is 33.4. The molecule has 2 aromatic carbocycles. The summed E-state index contributed by atoms with van der Waals surface area (Å²) in [5.41, 5.74) is 0.369. The van der Waals surface area contributed by atoms with Crippen LogP contribution in [0.25, 0.3) is 0 Å². The maximum atomic E-state index is 12.0. The highest BCUT2D eigenvalue weighted by Crippen LogP contribution is 2.23. The van der Waals surface area contributed by atoms with E-state index in [1.807, 2.05) is 0 Å². The molecule has 0 aliphatic rings. The Labute approximate surface area is 127 Å². The third-order valence-corrected chi connectivity index (χ3v) is 2.79. The molecule has 0 radical (unpaired) electrons. The van der Waals surface area contributed by atoms with Gasteiger partial charge >= 0.3 is 0 Å². The molecule has 0 aliphatic heterocycles. The first-order valence-electron chi connectivity index (χ1n) is 6.36. The highest BCUT2D eigenvalue weighted by molar-refractivity contribution is 6.07. The van der Waals surface area contributed by atoms with Crippen LogP contribution in [0.4, 0.5) is 11.4 Å². The minimum absolute atomic E-state index is 0.00264. The number of carbonyl (C=O) groups excluding carboxylic acids is 1. The molecule has 0 spiro atoms. The van der Waals surface area contributed by atoms with Crippen molar-refractivity contribution < 1.29 is 15.0 Å². The van der Waals surface area contributed by atoms with Crippen LogP contribution in [-0.2, 0) is 4.79 Å². The standard InChI is InChI=1S/C16H13N3O3/c17-9-11(10-18-12-5-1-3-7-14(12)20)16(22)19-13-6-2-4-8-15(13)21/h1-8,10,18,20-21H,(H,19,22)/b11-10-. The molecule has 0 aromatic heterocycles. The van der Waals surface area contributed by atoms with E-state index in [1.165, 1.54) is 24.4 Å². The molecule has 1 amide bonds. The third-order valence-electron chi connectivity index (χ3n) is 2.79. The van der Waals surface area contributed by atoms with Crippen molar-refractivity contribution >= 4 is 17.3 Å². The number of nitriles is 1. The quantitative estimate of drug-likeness (QED) is 0.394. The van der Waals surface area contributed by atoms with E-state index in [0.29, 0.717) is 5.69 Å². The second kappa shape index (κ2) is 6.81. The minimum Gasteiger partial charge on any atom is -0.506 e. The molecule has 2 rings (SSSR count). The van der Waals surface area contributed by atoms with Gasteiger partial charge in [-0.3, -0.25) is 4.79 Å². The Morgan fingerprint density at radius 3 is 2.09 bits per heavy atom. The summed E-state index contributed by atoms with van der Waals surface area (Å²) in [4.78, 5) is 12.0. The number of phenols is 2. The molecule has 0 saturated heterocycles. The molecule has 0 saturated carbocycles. The minimum atomic E-state index is -0.674. The fourth-order valence-electron chi connectivity index (χ4n) is 1.66. The Kier molecular flexibility index (Phi) is 4.63. The van der Waals surface area contributed by atoms with Crippen molar-refractivity contribution in [2.75, 3.05) is 10.6 Å². The van der Waals surface area contributed by atoms with Gasteiger partial charge in [0.15, 0.2) is 0 Å². The van der Waals surface area contributed by atoms with Crippen molar-refractivity contribution in [1.29, 1.82) is 5.26 Å². The van der Waals surface area contributed by atoms with Crippen LogP contribution in [0.2, 0.25) is 0 Å². The molecule has 2 aromatic rings. The highest BCUT2D eigenvalue weighted by atomic mass is 16.3. The van der Waals surface area contributed by atoms with E-state index >= 15 is 0 Å². The van der Waals surface area contributed by atoms with E-state index in [-0.39, 0.29) is 22.8 Å². The Morgan fingerprint density at radius 1 is 1.00 bits per heavy atom. The van der Waals surface area contributed by atoms with Crippen molar-refractivity contribution in [3.63, 3.8) is 0 Å². The van der Waals surface area contributed by atoms with E-state index in [2.05, 4.69) is 10.6 Å². The largest absolute Gasteiger partial charge is 0.506 e. The lowest BCUT2D eigenvalue weighted by molar-refractivity contribution is -0.112. The zero-order valence-electron chi connectivity index (χ0n) is 11.4. The number of rotatable bonds is 4. The van der Waals surface area contributed by atoms with E-state index < -0.39 is 5.91 Å². The van der Waals surface area contributed by atoms with E-state index in [1.54, 1.807) is 36.4 Å². The van der Waals surface area contributed by atoms with Crippen LogP contribution in [0.1, 0.15) is 0 Å². The Balaban J connectivity index is 2.13. The van der Waals surface area contributed by atoms with Crippen LogP contribution in [-0.4, -0.2) is 16.1 Å². The Morgan fingerprint density at radius 2 is 1.55 bits per heavy atom. The number of carbonyl (C=O) groups is 1. The molecule has 0 heterocycles. The fraction of sp³-hybridized carbons (Fsp3) is 0. The summed E-state index contributed by atoms with van der Waals surface area (Å²) in [5.74, 6) is -0.772. The van der Waals surface area contributed by atoms with Crippen molar-refractivity contribution in [3.05, 3.63) is 60.3 Å². The smallest absolute Gasteiger partial charge is 0.267 e. The normalized spacial score (nSPS) is 10.6. The van der Waals surface area contributed by atoms with Gasteiger partial charge in [-0.2, -0.15) is 5.26 Å². The zero-order chi connectivity index (χ0) is 15.9. The van der Waals surface area contributed by atoms with Crippen LogP contribution in [0, 0.1) is 11.3 Å². The molecule has 0 bridgehead atoms. The summed E-state index contributed by atoms with van der Waals surface area (Å²) in [7, 11) is 0. The molecular weight excluding hydrogens is 282 g/mol. The van der Waals surface area contributed by atoms with Crippen molar-refractivity contribution in [1.82, 2.24) is 0 Å². The van der Waals surface area contributed by atoms with Crippen LogP contribution < -0.4 is 10.6 Å². The summed E-state index contributed by atoms with van der Waals surface area (Å²) < 4.78 is 0. The van der Waals surface area contributed by atoms with Gasteiger partial charge in [-0.15, -0.1) is 0 Å². The molecule has 0 unspecified atom stereocenters. The topological polar surface area (TPSA) is 105 Å². The van der Waals surface area contributed by atoms with Crippen molar-refractivity contribution in [2.24, 2.45) is 0 Å². The van der Waals surface area contributed by atoms with Crippen LogP contribution in [0.15, 0.2) is 60.3 Å². The molecule has 4 N–H and O–H groups in total. The molecule has 0 aliphatic carbocycles. The summed E-state index contributed by atoms with van der Waals surface area (Å²) in [6, 6.07) is 14.4. The number of aromatic hydroxyl groups is 2. The Hall–Kier alpha value is -3.46. The number of hydrogen-bond acceptors (Lipinski definition) is 5. The van der Waals surface area contributed by atoms with Crippen LogP contribution >= 0.6 is 0 Å². The lowest BCUT2D eigenvalue weighted by atomic mass is 10.2. The van der Waals surface area contributed by atoms with Gasteiger partial charge in [-0.25, -0.2) is 0 Å². The number of amides is 1. The lowest BCUT2D eigenvalue weighted by Crippen LogP contribution is -2.14. The first-order chi connectivity index (χ1) is 10.6. The number of nitrogens with zero attached hydrogens (tertiary/aromatic N) is 1. The van der Waals surface area contributed by atoms with Gasteiger partial charge in [-0.1, -0.05) is 24.3 Å². The maximum absolute atomic E-state index is 12.0. The van der Waals surface area contributed by atoms with Crippen molar-refractivity contribution in [2.45, 2.75) is 0 Å². The molecule has 6 heteroatoms. The molecule has 6 nitrogen and oxygen atoms in total. The monoisotopic (exact) mass is 295 g/mol. The summed E-state index contributed by atoms with van der Waals surface area (Å²) in [6.07, 6.45) is 1.18. The van der Waals surface area contributed by atoms with Crippen molar-refractivity contribution in [3.8, 4) is 17.6 Å². The number of benzene rings is 2. The third kappa shape index (κ3) is 3.55. The van der Waals surface area contributed by atoms with Crippen LogP contribution in [0.3, 0.4) is 0 Å². The van der Waals surface area contributed by atoms with Gasteiger partial charge in [0, 0.05) is 6.20 Å². The SMILES string of the molecule is N#C/C(=C/Nc1ccccc1O)C(=O)Nc1ccccc1O. The number of para-hydroxylation sites is 4. The molecule has 0 atom stereocenters. The fourth-order valence-corrected chi connectivity index (χ4v) is 1.66. The van der Waals surface area contributed by atoms with E-state index in [0.717, 1.165) is 0 Å². The number of phenolic OH excluding ortho intramolecular Hbond substituents is 2. The average Bonchev–Trinajstić information content (AvgIpc) is 2.52. The van der Waals surface area contributed by atoms with E-state index in [4.69, 9.17) is 5.26 Å². The van der Waals surface area contributed by atoms with Gasteiger partial charge in [0.1, 0.15) is 23.1 Å². The average molecular weight is 295 g/mol. The maximum Gasteiger partial charge on any atom is 0.267 e. The second-order valence-corrected chi connectivity index (χ2v) is 4.30. The molecule has 22 heavy (non-hydrogen) atoms. The highest BCUT2D eigenvalue weighted by Gasteiger charge is 2.11. The first kappa shape index (κ1) is 14.9. The molecular formula is C16H13N3O3. The number of hydrogen-bond donors (Lipinski definition) is 4. The summed E-state index contributed by atoms with van der Waals surface area (Å²) >= 11 is 0. The van der Waals surface area contributed by atoms with Gasteiger partial charge < -0.3 is 20.8 Å². The van der Waals surface area contributed by atoms with Gasteiger partial charge in [0.2, 0.25) is 0 Å². The predicted octanol–water partition coefficient (Wildman–Crippen LogP) is 2.56. The number of nitrogens with one attached hydrogen (secondary N) is 2. The van der Waals surface area contributed by atoms with Gasteiger partial charge in [0.05, 0.1) is 11.4 Å². The molecule has 0 fully saturated rings. The van der Waals surface area contributed by atoms with Gasteiger partial charge in [0.25, 0.3) is 5.91 Å². The lowest BCUT2D eigenvalue weighted by Gasteiger charge is -2.07. The van der Waals surface area contributed by atoms with Crippen LogP contribution in [0.5, 0.6) is 11.5 Å². The zero-order valence-corrected chi connectivity index (χ0v) is 11.4. The summed E-state index contributed by atoms with van der Waals surface area (Å²) in [6.45, 7) is 0. The van der Waals surface area contributed by atoms with Gasteiger partial charge in [-0.05, 0) is 24.3 Å². The predicted molar refractivity (Wildman–Crippen MR) is 82.2 cm³/mol.